The lowest BCUT2D eigenvalue weighted by Gasteiger charge is -2.10. The number of hydrogen-bond acceptors (Lipinski definition) is 4. The Hall–Kier alpha value is -2.17. The molecule has 0 amide bonds. The van der Waals surface area contributed by atoms with Gasteiger partial charge < -0.3 is 4.74 Å². The van der Waals surface area contributed by atoms with Crippen molar-refractivity contribution in [1.82, 2.24) is 0 Å². The molecule has 0 bridgehead atoms. The monoisotopic (exact) mass is 392 g/mol. The minimum atomic E-state index is -0.236. The minimum absolute atomic E-state index is 0.236. The molecule has 4 rings (SSSR count). The van der Waals surface area contributed by atoms with Crippen LogP contribution < -0.4 is 4.74 Å². The van der Waals surface area contributed by atoms with E-state index in [9.17, 15) is 4.79 Å². The molecule has 3 aromatic carbocycles. The molecule has 0 unspecified atom stereocenters. The summed E-state index contributed by atoms with van der Waals surface area (Å²) in [5, 5.41) is 0. The van der Waals surface area contributed by atoms with E-state index in [1.54, 1.807) is 0 Å². The molecule has 3 aromatic rings. The fourth-order valence-corrected chi connectivity index (χ4v) is 5.88. The number of rotatable bonds is 5. The number of hydrogen-bond donors (Lipinski definition) is 0. The van der Waals surface area contributed by atoms with Crippen molar-refractivity contribution in [3.8, 4) is 16.9 Å². The van der Waals surface area contributed by atoms with Crippen LogP contribution in [-0.4, -0.2) is 17.5 Å². The molecule has 1 saturated heterocycles. The first-order valence-electron chi connectivity index (χ1n) is 8.96. The van der Waals surface area contributed by atoms with Gasteiger partial charge in [0.1, 0.15) is 5.75 Å². The third kappa shape index (κ3) is 4.76. The maximum Gasteiger partial charge on any atom is 0.315 e. The zero-order valence-electron chi connectivity index (χ0n) is 14.8. The normalized spacial score (nSPS) is 14.2. The van der Waals surface area contributed by atoms with Crippen LogP contribution >= 0.6 is 23.5 Å². The molecule has 0 radical (unpaired) electrons. The first-order chi connectivity index (χ1) is 13.3. The Balaban J connectivity index is 1.35. The quantitative estimate of drug-likeness (QED) is 0.394. The van der Waals surface area contributed by atoms with E-state index < -0.39 is 0 Å². The van der Waals surface area contributed by atoms with Gasteiger partial charge in [-0.1, -0.05) is 66.7 Å². The summed E-state index contributed by atoms with van der Waals surface area (Å²) in [6, 6.07) is 26.2. The van der Waals surface area contributed by atoms with Crippen molar-refractivity contribution in [2.24, 2.45) is 0 Å². The van der Waals surface area contributed by atoms with Crippen molar-refractivity contribution in [2.75, 3.05) is 11.5 Å². The summed E-state index contributed by atoms with van der Waals surface area (Å²) in [7, 11) is 0. The molecular formula is C23H20O2S2. The first kappa shape index (κ1) is 18.2. The summed E-state index contributed by atoms with van der Waals surface area (Å²) in [6.45, 7) is 0. The van der Waals surface area contributed by atoms with Gasteiger partial charge in [-0.15, -0.1) is 23.5 Å². The lowest BCUT2D eigenvalue weighted by molar-refractivity contribution is -0.133. The summed E-state index contributed by atoms with van der Waals surface area (Å²) in [5.41, 5.74) is 4.56. The van der Waals surface area contributed by atoms with Crippen LogP contribution in [0.2, 0.25) is 0 Å². The van der Waals surface area contributed by atoms with Gasteiger partial charge in [-0.3, -0.25) is 4.79 Å². The lowest BCUT2D eigenvalue weighted by Crippen LogP contribution is -2.11. The van der Waals surface area contributed by atoms with Gasteiger partial charge in [0.25, 0.3) is 0 Å². The summed E-state index contributed by atoms with van der Waals surface area (Å²) in [6.07, 6.45) is 0.269. The number of carbonyl (C=O) groups is 1. The third-order valence-corrected chi connectivity index (χ3v) is 7.52. The second-order valence-corrected chi connectivity index (χ2v) is 9.08. The Morgan fingerprint density at radius 1 is 0.815 bits per heavy atom. The highest BCUT2D eigenvalue weighted by molar-refractivity contribution is 8.19. The van der Waals surface area contributed by atoms with Gasteiger partial charge >= 0.3 is 5.97 Å². The zero-order chi connectivity index (χ0) is 18.5. The van der Waals surface area contributed by atoms with Gasteiger partial charge in [0.2, 0.25) is 0 Å². The maximum absolute atomic E-state index is 12.2. The standard InChI is InChI=1S/C23H20O2S2/c24-22(25-21-12-10-20(11-13-21)23-26-14-15-27-23)16-17-6-8-19(9-7-17)18-4-2-1-3-5-18/h1-13,23H,14-16H2. The summed E-state index contributed by atoms with van der Waals surface area (Å²) in [5.74, 6) is 2.78. The summed E-state index contributed by atoms with van der Waals surface area (Å²) < 4.78 is 6.01. The largest absolute Gasteiger partial charge is 0.426 e. The van der Waals surface area contributed by atoms with Crippen LogP contribution in [0, 0.1) is 0 Å². The zero-order valence-corrected chi connectivity index (χ0v) is 16.5. The Morgan fingerprint density at radius 3 is 2.11 bits per heavy atom. The average molecular weight is 393 g/mol. The molecule has 1 aliphatic rings. The van der Waals surface area contributed by atoms with Gasteiger partial charge in [0, 0.05) is 11.5 Å². The summed E-state index contributed by atoms with van der Waals surface area (Å²) >= 11 is 3.94. The van der Waals surface area contributed by atoms with Gasteiger partial charge in [0.15, 0.2) is 0 Å². The second kappa shape index (κ2) is 8.68. The molecule has 27 heavy (non-hydrogen) atoms. The van der Waals surface area contributed by atoms with Crippen molar-refractivity contribution < 1.29 is 9.53 Å². The van der Waals surface area contributed by atoms with Crippen molar-refractivity contribution >= 4 is 29.5 Å². The van der Waals surface area contributed by atoms with E-state index in [0.717, 1.165) is 11.1 Å². The molecule has 0 aliphatic carbocycles. The molecule has 0 atom stereocenters. The highest BCUT2D eigenvalue weighted by Crippen LogP contribution is 2.45. The Bertz CT molecular complexity index is 884. The SMILES string of the molecule is O=C(Cc1ccc(-c2ccccc2)cc1)Oc1ccc(C2SCCS2)cc1. The van der Waals surface area contributed by atoms with Crippen LogP contribution in [0.25, 0.3) is 11.1 Å². The number of carbonyl (C=O) groups excluding carboxylic acids is 1. The maximum atomic E-state index is 12.2. The molecular weight excluding hydrogens is 372 g/mol. The highest BCUT2D eigenvalue weighted by Gasteiger charge is 2.18. The number of ether oxygens (including phenoxy) is 1. The van der Waals surface area contributed by atoms with Crippen molar-refractivity contribution in [1.29, 1.82) is 0 Å². The number of thioether (sulfide) groups is 2. The molecule has 2 nitrogen and oxygen atoms in total. The average Bonchev–Trinajstić information content (AvgIpc) is 3.25. The van der Waals surface area contributed by atoms with Crippen LogP contribution in [0.4, 0.5) is 0 Å². The van der Waals surface area contributed by atoms with Crippen LogP contribution in [-0.2, 0) is 11.2 Å². The fourth-order valence-electron chi connectivity index (χ4n) is 3.02. The smallest absolute Gasteiger partial charge is 0.315 e. The topological polar surface area (TPSA) is 26.3 Å². The molecule has 1 fully saturated rings. The van der Waals surface area contributed by atoms with Crippen LogP contribution in [0.1, 0.15) is 15.7 Å². The van der Waals surface area contributed by atoms with E-state index in [1.807, 2.05) is 78.1 Å². The predicted molar refractivity (Wildman–Crippen MR) is 115 cm³/mol. The van der Waals surface area contributed by atoms with E-state index in [0.29, 0.717) is 10.3 Å². The van der Waals surface area contributed by atoms with Crippen molar-refractivity contribution in [3.05, 3.63) is 90.0 Å². The molecule has 0 spiro atoms. The fraction of sp³-hybridized carbons (Fsp3) is 0.174. The number of benzene rings is 3. The third-order valence-electron chi connectivity index (χ3n) is 4.42. The summed E-state index contributed by atoms with van der Waals surface area (Å²) in [4.78, 5) is 12.2. The molecule has 4 heteroatoms. The van der Waals surface area contributed by atoms with Gasteiger partial charge in [-0.2, -0.15) is 0 Å². The highest BCUT2D eigenvalue weighted by atomic mass is 32.2. The Kier molecular flexibility index (Phi) is 5.85. The molecule has 0 saturated carbocycles. The number of esters is 1. The molecule has 0 aromatic heterocycles. The first-order valence-corrected chi connectivity index (χ1v) is 11.1. The predicted octanol–water partition coefficient (Wildman–Crippen LogP) is 5.98. The van der Waals surface area contributed by atoms with Gasteiger partial charge in [-0.05, 0) is 34.4 Å². The molecule has 1 heterocycles. The van der Waals surface area contributed by atoms with E-state index in [4.69, 9.17) is 4.74 Å². The van der Waals surface area contributed by atoms with E-state index in [1.165, 1.54) is 22.6 Å². The minimum Gasteiger partial charge on any atom is -0.426 e. The molecule has 0 N–H and O–H groups in total. The lowest BCUT2D eigenvalue weighted by atomic mass is 10.0. The van der Waals surface area contributed by atoms with E-state index in [2.05, 4.69) is 24.3 Å². The van der Waals surface area contributed by atoms with Crippen molar-refractivity contribution in [3.63, 3.8) is 0 Å². The Morgan fingerprint density at radius 2 is 1.44 bits per heavy atom. The van der Waals surface area contributed by atoms with Crippen LogP contribution in [0.5, 0.6) is 5.75 Å². The second-order valence-electron chi connectivity index (χ2n) is 6.36. The van der Waals surface area contributed by atoms with Crippen LogP contribution in [0.3, 0.4) is 0 Å². The van der Waals surface area contributed by atoms with Crippen molar-refractivity contribution in [2.45, 2.75) is 11.0 Å². The van der Waals surface area contributed by atoms with E-state index >= 15 is 0 Å². The molecule has 136 valence electrons. The van der Waals surface area contributed by atoms with Gasteiger partial charge in [-0.25, -0.2) is 0 Å². The Labute approximate surface area is 168 Å². The van der Waals surface area contributed by atoms with E-state index in [-0.39, 0.29) is 12.4 Å². The van der Waals surface area contributed by atoms with Crippen LogP contribution in [0.15, 0.2) is 78.9 Å². The molecule has 1 aliphatic heterocycles. The van der Waals surface area contributed by atoms with Gasteiger partial charge in [0.05, 0.1) is 11.0 Å².